The van der Waals surface area contributed by atoms with E-state index in [2.05, 4.69) is 20.6 Å². The zero-order chi connectivity index (χ0) is 22.5. The van der Waals surface area contributed by atoms with Gasteiger partial charge in [-0.05, 0) is 56.4 Å². The van der Waals surface area contributed by atoms with Gasteiger partial charge >= 0.3 is 0 Å². The van der Waals surface area contributed by atoms with Gasteiger partial charge in [-0.15, -0.1) is 0 Å². The van der Waals surface area contributed by atoms with Crippen molar-refractivity contribution in [2.45, 2.75) is 32.0 Å². The Kier molecular flexibility index (Phi) is 7.54. The van der Waals surface area contributed by atoms with Gasteiger partial charge < -0.3 is 15.6 Å². The van der Waals surface area contributed by atoms with Crippen LogP contribution in [0, 0.1) is 0 Å². The summed E-state index contributed by atoms with van der Waals surface area (Å²) in [6.07, 6.45) is 3.80. The van der Waals surface area contributed by atoms with Gasteiger partial charge in [-0.1, -0.05) is 29.3 Å². The van der Waals surface area contributed by atoms with E-state index < -0.39 is 6.04 Å². The topological polar surface area (TPSA) is 90.1 Å². The lowest BCUT2D eigenvalue weighted by Gasteiger charge is -2.24. The minimum absolute atomic E-state index is 0.236. The molecule has 0 spiro atoms. The number of aromatic nitrogens is 2. The maximum atomic E-state index is 13.0. The summed E-state index contributed by atoms with van der Waals surface area (Å²) in [6.45, 7) is 2.07. The number of benzene rings is 1. The summed E-state index contributed by atoms with van der Waals surface area (Å²) in [6, 6.07) is 7.90. The number of hydrogen-bond donors (Lipinski definition) is 3. The average Bonchev–Trinajstić information content (AvgIpc) is 3.21. The van der Waals surface area contributed by atoms with Gasteiger partial charge in [-0.2, -0.15) is 0 Å². The smallest absolute Gasteiger partial charge is 0.243 e. The fourth-order valence-corrected chi connectivity index (χ4v) is 3.35. The van der Waals surface area contributed by atoms with Crippen LogP contribution in [0.3, 0.4) is 0 Å². The van der Waals surface area contributed by atoms with E-state index in [0.717, 1.165) is 22.2 Å². The SMILES string of the molecule is C[C@@H](C(=O)N[C@@H](Cc1ccc(Cl)c(Cl)c1)C(=O)NCc1cnc2[nH]ccc2c1)N(C)C. The maximum Gasteiger partial charge on any atom is 0.243 e. The number of carbonyl (C=O) groups excluding carboxylic acids is 2. The summed E-state index contributed by atoms with van der Waals surface area (Å²) in [5, 5.41) is 7.55. The van der Waals surface area contributed by atoms with Gasteiger partial charge in [0.25, 0.3) is 0 Å². The lowest BCUT2D eigenvalue weighted by Crippen LogP contribution is -2.52. The normalized spacial score (nSPS) is 13.2. The lowest BCUT2D eigenvalue weighted by atomic mass is 10.0. The standard InChI is InChI=1S/C22H25Cl2N5O2/c1-13(29(2)3)21(30)28-19(10-14-4-5-17(23)18(24)9-14)22(31)27-12-15-8-16-6-7-25-20(16)26-11-15/h4-9,11,13,19H,10,12H2,1-3H3,(H,25,26)(H,27,31)(H,28,30)/t13-,19-/m0/s1. The molecule has 2 heterocycles. The summed E-state index contributed by atoms with van der Waals surface area (Å²) >= 11 is 12.1. The third-order valence-electron chi connectivity index (χ3n) is 5.13. The molecule has 3 rings (SSSR count). The van der Waals surface area contributed by atoms with Crippen molar-refractivity contribution in [2.24, 2.45) is 0 Å². The van der Waals surface area contributed by atoms with Crippen LogP contribution >= 0.6 is 23.2 Å². The molecule has 7 nitrogen and oxygen atoms in total. The Labute approximate surface area is 191 Å². The monoisotopic (exact) mass is 461 g/mol. The van der Waals surface area contributed by atoms with E-state index in [9.17, 15) is 9.59 Å². The molecule has 2 atom stereocenters. The van der Waals surface area contributed by atoms with Crippen molar-refractivity contribution in [1.82, 2.24) is 25.5 Å². The zero-order valence-electron chi connectivity index (χ0n) is 17.6. The Bertz CT molecular complexity index is 1080. The van der Waals surface area contributed by atoms with Crippen molar-refractivity contribution in [3.05, 3.63) is 63.9 Å². The number of pyridine rings is 1. The van der Waals surface area contributed by atoms with E-state index in [4.69, 9.17) is 23.2 Å². The number of H-pyrrole nitrogens is 1. The number of nitrogens with zero attached hydrogens (tertiary/aromatic N) is 2. The number of carbonyl (C=O) groups is 2. The Hall–Kier alpha value is -2.61. The molecule has 0 saturated heterocycles. The molecule has 0 bridgehead atoms. The second-order valence-electron chi connectivity index (χ2n) is 7.63. The van der Waals surface area contributed by atoms with Gasteiger partial charge in [0.1, 0.15) is 11.7 Å². The van der Waals surface area contributed by atoms with Crippen LogP contribution in [0.2, 0.25) is 10.0 Å². The number of amides is 2. The van der Waals surface area contributed by atoms with Crippen LogP contribution in [0.15, 0.2) is 42.7 Å². The fraction of sp³-hybridized carbons (Fsp3) is 0.318. The fourth-order valence-electron chi connectivity index (χ4n) is 3.03. The molecule has 0 aliphatic rings. The Morgan fingerprint density at radius 3 is 2.58 bits per heavy atom. The number of nitrogens with one attached hydrogen (secondary N) is 3. The Morgan fingerprint density at radius 2 is 1.87 bits per heavy atom. The van der Waals surface area contributed by atoms with Crippen molar-refractivity contribution in [3.8, 4) is 0 Å². The second kappa shape index (κ2) is 10.1. The first-order valence-corrected chi connectivity index (χ1v) is 10.6. The van der Waals surface area contributed by atoms with Crippen LogP contribution in [-0.2, 0) is 22.6 Å². The van der Waals surface area contributed by atoms with Crippen LogP contribution in [0.4, 0.5) is 0 Å². The zero-order valence-corrected chi connectivity index (χ0v) is 19.1. The third-order valence-corrected chi connectivity index (χ3v) is 5.87. The highest BCUT2D eigenvalue weighted by molar-refractivity contribution is 6.42. The first-order valence-electron chi connectivity index (χ1n) is 9.85. The number of fused-ring (bicyclic) bond motifs is 1. The molecule has 31 heavy (non-hydrogen) atoms. The van der Waals surface area contributed by atoms with Crippen LogP contribution in [-0.4, -0.2) is 52.9 Å². The van der Waals surface area contributed by atoms with Crippen molar-refractivity contribution in [3.63, 3.8) is 0 Å². The van der Waals surface area contributed by atoms with Gasteiger partial charge in [-0.25, -0.2) is 4.98 Å². The first kappa shape index (κ1) is 23.1. The molecule has 0 fully saturated rings. The van der Waals surface area contributed by atoms with Crippen LogP contribution < -0.4 is 10.6 Å². The van der Waals surface area contributed by atoms with Crippen LogP contribution in [0.5, 0.6) is 0 Å². The summed E-state index contributed by atoms with van der Waals surface area (Å²) in [4.78, 5) is 34.7. The average molecular weight is 462 g/mol. The summed E-state index contributed by atoms with van der Waals surface area (Å²) < 4.78 is 0. The van der Waals surface area contributed by atoms with Crippen molar-refractivity contribution < 1.29 is 9.59 Å². The van der Waals surface area contributed by atoms with Gasteiger partial charge in [0.05, 0.1) is 16.1 Å². The predicted molar refractivity (Wildman–Crippen MR) is 123 cm³/mol. The molecule has 9 heteroatoms. The molecule has 3 N–H and O–H groups in total. The molecule has 0 aliphatic carbocycles. The van der Waals surface area contributed by atoms with Gasteiger partial charge in [0.2, 0.25) is 11.8 Å². The highest BCUT2D eigenvalue weighted by Crippen LogP contribution is 2.23. The first-order chi connectivity index (χ1) is 14.7. The molecule has 1 aromatic carbocycles. The molecular weight excluding hydrogens is 437 g/mol. The second-order valence-corrected chi connectivity index (χ2v) is 8.44. The summed E-state index contributed by atoms with van der Waals surface area (Å²) in [5.41, 5.74) is 2.45. The van der Waals surface area contributed by atoms with E-state index in [1.807, 2.05) is 32.4 Å². The van der Waals surface area contributed by atoms with Crippen LogP contribution in [0.25, 0.3) is 11.0 Å². The van der Waals surface area contributed by atoms with Crippen molar-refractivity contribution >= 4 is 46.0 Å². The molecule has 2 amide bonds. The number of rotatable bonds is 8. The van der Waals surface area contributed by atoms with Crippen molar-refractivity contribution in [2.75, 3.05) is 14.1 Å². The molecule has 0 saturated carbocycles. The molecule has 0 unspecified atom stereocenters. The van der Waals surface area contributed by atoms with E-state index in [-0.39, 0.29) is 24.3 Å². The molecule has 3 aromatic rings. The van der Waals surface area contributed by atoms with Gasteiger partial charge in [-0.3, -0.25) is 14.5 Å². The molecule has 0 aliphatic heterocycles. The summed E-state index contributed by atoms with van der Waals surface area (Å²) in [5.74, 6) is -0.528. The minimum atomic E-state index is -0.768. The predicted octanol–water partition coefficient (Wildman–Crippen LogP) is 3.16. The number of likely N-dealkylation sites (N-methyl/N-ethyl adjacent to an activating group) is 1. The van der Waals surface area contributed by atoms with E-state index in [1.54, 1.807) is 36.2 Å². The van der Waals surface area contributed by atoms with Gasteiger partial charge in [0.15, 0.2) is 0 Å². The van der Waals surface area contributed by atoms with Crippen molar-refractivity contribution in [1.29, 1.82) is 0 Å². The molecule has 164 valence electrons. The highest BCUT2D eigenvalue weighted by atomic mass is 35.5. The van der Waals surface area contributed by atoms with Crippen LogP contribution in [0.1, 0.15) is 18.1 Å². The minimum Gasteiger partial charge on any atom is -0.350 e. The number of hydrogen-bond acceptors (Lipinski definition) is 4. The highest BCUT2D eigenvalue weighted by Gasteiger charge is 2.25. The molecule has 0 radical (unpaired) electrons. The quantitative estimate of drug-likeness (QED) is 0.480. The third kappa shape index (κ3) is 5.97. The largest absolute Gasteiger partial charge is 0.350 e. The number of halogens is 2. The molecule has 2 aromatic heterocycles. The lowest BCUT2D eigenvalue weighted by molar-refractivity contribution is -0.131. The van der Waals surface area contributed by atoms with E-state index in [1.165, 1.54) is 0 Å². The molecular formula is C22H25Cl2N5O2. The number of aromatic amines is 1. The Morgan fingerprint density at radius 1 is 1.10 bits per heavy atom. The summed E-state index contributed by atoms with van der Waals surface area (Å²) in [7, 11) is 3.62. The van der Waals surface area contributed by atoms with E-state index in [0.29, 0.717) is 16.6 Å². The van der Waals surface area contributed by atoms with E-state index >= 15 is 0 Å². The maximum absolute atomic E-state index is 13.0. The van der Waals surface area contributed by atoms with Gasteiger partial charge in [0, 0.05) is 30.7 Å². The Balaban J connectivity index is 1.73.